The minimum Gasteiger partial charge on any atom is -0.462 e. The lowest BCUT2D eigenvalue weighted by Crippen LogP contribution is -2.41. The normalized spacial score (nSPS) is 17.0. The first kappa shape index (κ1) is 23.9. The number of anilines is 1. The second-order valence-electron chi connectivity index (χ2n) is 8.01. The minimum absolute atomic E-state index is 0.0244. The number of ether oxygens (including phenoxy) is 1. The highest BCUT2D eigenvalue weighted by atomic mass is 32.2. The highest BCUT2D eigenvalue weighted by Crippen LogP contribution is 2.25. The Morgan fingerprint density at radius 3 is 2.31 bits per heavy atom. The van der Waals surface area contributed by atoms with Crippen molar-refractivity contribution in [2.75, 3.05) is 18.5 Å². The lowest BCUT2D eigenvalue weighted by atomic mass is 10.1. The Morgan fingerprint density at radius 2 is 1.69 bits per heavy atom. The zero-order chi connectivity index (χ0) is 23.1. The average Bonchev–Trinajstić information content (AvgIpc) is 2.80. The van der Waals surface area contributed by atoms with Gasteiger partial charge in [-0.3, -0.25) is 4.79 Å². The molecule has 0 aromatic heterocycles. The average molecular weight is 459 g/mol. The Hall–Kier alpha value is -2.71. The van der Waals surface area contributed by atoms with Crippen LogP contribution in [-0.4, -0.2) is 43.8 Å². The van der Waals surface area contributed by atoms with Crippen molar-refractivity contribution in [1.82, 2.24) is 4.31 Å². The zero-order valence-electron chi connectivity index (χ0n) is 18.5. The Bertz CT molecular complexity index is 1030. The van der Waals surface area contributed by atoms with Gasteiger partial charge in [0.15, 0.2) is 0 Å². The van der Waals surface area contributed by atoms with Gasteiger partial charge in [-0.25, -0.2) is 13.2 Å². The molecule has 3 rings (SSSR count). The van der Waals surface area contributed by atoms with Crippen LogP contribution in [0.5, 0.6) is 0 Å². The van der Waals surface area contributed by atoms with E-state index in [1.54, 1.807) is 28.6 Å². The summed E-state index contributed by atoms with van der Waals surface area (Å²) >= 11 is 0. The third-order valence-electron chi connectivity index (χ3n) is 5.57. The molecule has 1 saturated heterocycles. The first-order chi connectivity index (χ1) is 15.3. The van der Waals surface area contributed by atoms with Gasteiger partial charge < -0.3 is 10.1 Å². The maximum absolute atomic E-state index is 12.9. The van der Waals surface area contributed by atoms with Crippen LogP contribution in [0.3, 0.4) is 0 Å². The van der Waals surface area contributed by atoms with Crippen LogP contribution in [-0.2, 0) is 14.8 Å². The van der Waals surface area contributed by atoms with E-state index in [1.807, 2.05) is 13.8 Å². The van der Waals surface area contributed by atoms with Gasteiger partial charge in [-0.1, -0.05) is 19.8 Å². The van der Waals surface area contributed by atoms with Crippen LogP contribution in [0.25, 0.3) is 0 Å². The van der Waals surface area contributed by atoms with Crippen LogP contribution >= 0.6 is 0 Å². The molecule has 0 saturated carbocycles. The van der Waals surface area contributed by atoms with E-state index in [9.17, 15) is 18.0 Å². The van der Waals surface area contributed by atoms with Crippen molar-refractivity contribution < 1.29 is 22.7 Å². The molecular weight excluding hydrogens is 428 g/mol. The number of sulfonamides is 1. The van der Waals surface area contributed by atoms with Crippen molar-refractivity contribution in [2.45, 2.75) is 56.9 Å². The van der Waals surface area contributed by atoms with Crippen LogP contribution in [0.15, 0.2) is 53.4 Å². The van der Waals surface area contributed by atoms with E-state index in [-0.39, 0.29) is 16.8 Å². The summed E-state index contributed by atoms with van der Waals surface area (Å²) in [6.07, 6.45) is 4.52. The van der Waals surface area contributed by atoms with Crippen LogP contribution in [0.2, 0.25) is 0 Å². The second-order valence-corrected chi connectivity index (χ2v) is 9.90. The predicted octanol–water partition coefficient (Wildman–Crippen LogP) is 4.46. The number of esters is 1. The van der Waals surface area contributed by atoms with Crippen LogP contribution in [0.1, 0.15) is 66.7 Å². The number of amides is 1. The highest BCUT2D eigenvalue weighted by Gasteiger charge is 2.30. The van der Waals surface area contributed by atoms with E-state index in [1.165, 1.54) is 24.3 Å². The first-order valence-corrected chi connectivity index (χ1v) is 12.5. The fourth-order valence-corrected chi connectivity index (χ4v) is 5.33. The Labute approximate surface area is 189 Å². The summed E-state index contributed by atoms with van der Waals surface area (Å²) in [4.78, 5) is 24.7. The largest absolute Gasteiger partial charge is 0.462 e. The lowest BCUT2D eigenvalue weighted by molar-refractivity contribution is 0.0499. The number of rotatable bonds is 8. The van der Waals surface area contributed by atoms with Crippen molar-refractivity contribution in [3.8, 4) is 0 Å². The second kappa shape index (κ2) is 10.7. The number of carbonyl (C=O) groups excluding carboxylic acids is 2. The summed E-state index contributed by atoms with van der Waals surface area (Å²) in [5.74, 6) is -0.755. The molecule has 8 heteroatoms. The topological polar surface area (TPSA) is 92.8 Å². The SMILES string of the molecule is CCCCOC(=O)c1ccc(NC(=O)c2ccc(S(=O)(=O)N3CCCC[C@@H]3C)cc2)cc1. The fraction of sp³-hybridized carbons (Fsp3) is 0.417. The van der Waals surface area contributed by atoms with Crippen molar-refractivity contribution in [3.63, 3.8) is 0 Å². The molecule has 172 valence electrons. The van der Waals surface area contributed by atoms with Gasteiger partial charge >= 0.3 is 5.97 Å². The molecule has 32 heavy (non-hydrogen) atoms. The monoisotopic (exact) mass is 458 g/mol. The third kappa shape index (κ3) is 5.75. The molecule has 1 heterocycles. The minimum atomic E-state index is -3.58. The number of unbranched alkanes of at least 4 members (excludes halogenated alkanes) is 1. The van der Waals surface area contributed by atoms with E-state index in [4.69, 9.17) is 4.74 Å². The van der Waals surface area contributed by atoms with Gasteiger partial charge in [0.2, 0.25) is 10.0 Å². The van der Waals surface area contributed by atoms with Crippen LogP contribution in [0.4, 0.5) is 5.69 Å². The molecule has 0 bridgehead atoms. The molecule has 1 N–H and O–H groups in total. The van der Waals surface area contributed by atoms with Gasteiger partial charge in [0.05, 0.1) is 17.1 Å². The van der Waals surface area contributed by atoms with Gasteiger partial charge in [0.1, 0.15) is 0 Å². The molecule has 0 spiro atoms. The maximum Gasteiger partial charge on any atom is 0.338 e. The van der Waals surface area contributed by atoms with Gasteiger partial charge in [-0.05, 0) is 74.7 Å². The molecule has 1 amide bonds. The molecule has 1 aliphatic heterocycles. The molecule has 0 radical (unpaired) electrons. The number of piperidine rings is 1. The summed E-state index contributed by atoms with van der Waals surface area (Å²) in [7, 11) is -3.58. The van der Waals surface area contributed by atoms with Gasteiger partial charge in [0, 0.05) is 23.8 Å². The van der Waals surface area contributed by atoms with E-state index < -0.39 is 16.0 Å². The predicted molar refractivity (Wildman–Crippen MR) is 123 cm³/mol. The summed E-state index contributed by atoms with van der Waals surface area (Å²) in [5, 5.41) is 2.75. The fourth-order valence-electron chi connectivity index (χ4n) is 3.63. The summed E-state index contributed by atoms with van der Waals surface area (Å²) in [6.45, 7) is 4.85. The molecule has 1 atom stereocenters. The number of hydrogen-bond donors (Lipinski definition) is 1. The van der Waals surface area contributed by atoms with Crippen molar-refractivity contribution in [2.24, 2.45) is 0 Å². The summed E-state index contributed by atoms with van der Waals surface area (Å²) < 4.78 is 32.6. The smallest absolute Gasteiger partial charge is 0.338 e. The zero-order valence-corrected chi connectivity index (χ0v) is 19.4. The number of nitrogens with one attached hydrogen (secondary N) is 1. The van der Waals surface area contributed by atoms with E-state index in [0.29, 0.717) is 30.0 Å². The van der Waals surface area contributed by atoms with Gasteiger partial charge in [-0.15, -0.1) is 0 Å². The van der Waals surface area contributed by atoms with Crippen molar-refractivity contribution in [1.29, 1.82) is 0 Å². The van der Waals surface area contributed by atoms with E-state index >= 15 is 0 Å². The number of hydrogen-bond acceptors (Lipinski definition) is 5. The quantitative estimate of drug-likeness (QED) is 0.466. The summed E-state index contributed by atoms with van der Waals surface area (Å²) in [5.41, 5.74) is 1.29. The Balaban J connectivity index is 1.63. The van der Waals surface area contributed by atoms with Gasteiger partial charge in [0.25, 0.3) is 5.91 Å². The summed E-state index contributed by atoms with van der Waals surface area (Å²) in [6, 6.07) is 12.4. The number of nitrogens with zero attached hydrogens (tertiary/aromatic N) is 1. The van der Waals surface area contributed by atoms with Crippen molar-refractivity contribution >= 4 is 27.6 Å². The molecule has 1 aliphatic rings. The van der Waals surface area contributed by atoms with E-state index in [2.05, 4.69) is 5.32 Å². The number of carbonyl (C=O) groups is 2. The molecule has 0 aliphatic carbocycles. The molecule has 2 aromatic rings. The lowest BCUT2D eigenvalue weighted by Gasteiger charge is -2.32. The molecule has 1 fully saturated rings. The van der Waals surface area contributed by atoms with Crippen LogP contribution < -0.4 is 5.32 Å². The molecular formula is C24H30N2O5S. The van der Waals surface area contributed by atoms with Gasteiger partial charge in [-0.2, -0.15) is 4.31 Å². The Kier molecular flexibility index (Phi) is 8.04. The Morgan fingerprint density at radius 1 is 1.03 bits per heavy atom. The highest BCUT2D eigenvalue weighted by molar-refractivity contribution is 7.89. The van der Waals surface area contributed by atoms with Crippen molar-refractivity contribution in [3.05, 3.63) is 59.7 Å². The standard InChI is InChI=1S/C24H30N2O5S/c1-3-4-17-31-24(28)20-8-12-21(13-9-20)25-23(27)19-10-14-22(15-11-19)32(29,30)26-16-6-5-7-18(26)2/h8-15,18H,3-7,16-17H2,1-2H3,(H,25,27)/t18-/m0/s1. The maximum atomic E-state index is 12.9. The molecule has 2 aromatic carbocycles. The number of benzene rings is 2. The molecule has 7 nitrogen and oxygen atoms in total. The first-order valence-electron chi connectivity index (χ1n) is 11.0. The van der Waals surface area contributed by atoms with Crippen LogP contribution in [0, 0.1) is 0 Å². The van der Waals surface area contributed by atoms with E-state index in [0.717, 1.165) is 32.1 Å². The third-order valence-corrected chi connectivity index (χ3v) is 7.60. The molecule has 0 unspecified atom stereocenters.